The van der Waals surface area contributed by atoms with E-state index in [9.17, 15) is 19.8 Å². The van der Waals surface area contributed by atoms with Crippen LogP contribution in [-0.2, 0) is 0 Å². The van der Waals surface area contributed by atoms with Gasteiger partial charge in [0.1, 0.15) is 0 Å². The molecule has 0 fully saturated rings. The van der Waals surface area contributed by atoms with Crippen molar-refractivity contribution in [3.63, 3.8) is 0 Å². The number of hydrogen-bond donors (Lipinski definition) is 2. The average molecular weight is 298 g/mol. The van der Waals surface area contributed by atoms with Gasteiger partial charge < -0.3 is 10.2 Å². The zero-order valence-corrected chi connectivity index (χ0v) is 13.0. The molecule has 0 bridgehead atoms. The number of rotatable bonds is 3. The van der Waals surface area contributed by atoms with Crippen LogP contribution in [0.1, 0.15) is 43.0 Å². The van der Waals surface area contributed by atoms with E-state index in [1.165, 1.54) is 0 Å². The molecule has 4 nitrogen and oxygen atoms in total. The van der Waals surface area contributed by atoms with E-state index in [1.54, 1.807) is 6.92 Å². The van der Waals surface area contributed by atoms with E-state index in [0.29, 0.717) is 11.1 Å². The second kappa shape index (κ2) is 5.64. The van der Waals surface area contributed by atoms with Gasteiger partial charge in [-0.25, -0.2) is 9.59 Å². The van der Waals surface area contributed by atoms with Crippen molar-refractivity contribution in [2.45, 2.75) is 27.7 Å². The Labute approximate surface area is 129 Å². The van der Waals surface area contributed by atoms with Crippen LogP contribution in [0.15, 0.2) is 24.3 Å². The van der Waals surface area contributed by atoms with Crippen molar-refractivity contribution in [1.29, 1.82) is 0 Å². The Morgan fingerprint density at radius 1 is 0.773 bits per heavy atom. The largest absolute Gasteiger partial charge is 0.478 e. The lowest BCUT2D eigenvalue weighted by atomic mass is 9.84. The van der Waals surface area contributed by atoms with E-state index in [-0.39, 0.29) is 11.1 Å². The van der Waals surface area contributed by atoms with Crippen molar-refractivity contribution in [3.8, 4) is 11.1 Å². The predicted octanol–water partition coefficient (Wildman–Crippen LogP) is 3.98. The van der Waals surface area contributed by atoms with Crippen molar-refractivity contribution in [3.05, 3.63) is 57.6 Å². The molecule has 2 aromatic rings. The summed E-state index contributed by atoms with van der Waals surface area (Å²) in [6, 6.07) is 7.40. The van der Waals surface area contributed by atoms with E-state index in [1.807, 2.05) is 45.0 Å². The predicted molar refractivity (Wildman–Crippen MR) is 84.7 cm³/mol. The van der Waals surface area contributed by atoms with Crippen LogP contribution in [0.3, 0.4) is 0 Å². The van der Waals surface area contributed by atoms with Gasteiger partial charge in [0.05, 0.1) is 11.1 Å². The van der Waals surface area contributed by atoms with Crippen LogP contribution < -0.4 is 0 Å². The van der Waals surface area contributed by atoms with Crippen LogP contribution >= 0.6 is 0 Å². The van der Waals surface area contributed by atoms with Gasteiger partial charge in [0.15, 0.2) is 0 Å². The lowest BCUT2D eigenvalue weighted by Crippen LogP contribution is -2.15. The number of aromatic carboxylic acids is 2. The molecule has 0 aliphatic carbocycles. The van der Waals surface area contributed by atoms with Gasteiger partial charge in [-0.2, -0.15) is 0 Å². The number of carboxylic acids is 2. The van der Waals surface area contributed by atoms with Crippen molar-refractivity contribution in [2.75, 3.05) is 0 Å². The molecule has 22 heavy (non-hydrogen) atoms. The third-order valence-corrected chi connectivity index (χ3v) is 4.22. The molecule has 0 amide bonds. The highest BCUT2D eigenvalue weighted by atomic mass is 16.4. The molecule has 0 atom stereocenters. The summed E-state index contributed by atoms with van der Waals surface area (Å²) in [6.07, 6.45) is 0. The molecule has 2 aromatic carbocycles. The Kier molecular flexibility index (Phi) is 4.04. The molecule has 0 heterocycles. The fraction of sp³-hybridized carbons (Fsp3) is 0.222. The molecular weight excluding hydrogens is 280 g/mol. The molecular formula is C18H18O4. The highest BCUT2D eigenvalue weighted by molar-refractivity contribution is 6.08. The van der Waals surface area contributed by atoms with E-state index >= 15 is 0 Å². The SMILES string of the molecule is Cc1ccccc1-c1c(C)c(C)c(C)c(C(=O)O)c1C(=O)O. The molecule has 0 spiro atoms. The number of carboxylic acid groups (broad SMARTS) is 2. The molecule has 0 aliphatic heterocycles. The van der Waals surface area contributed by atoms with E-state index in [2.05, 4.69) is 0 Å². The summed E-state index contributed by atoms with van der Waals surface area (Å²) in [5, 5.41) is 19.1. The van der Waals surface area contributed by atoms with Crippen molar-refractivity contribution >= 4 is 11.9 Å². The fourth-order valence-corrected chi connectivity index (χ4v) is 2.83. The summed E-state index contributed by atoms with van der Waals surface area (Å²) in [4.78, 5) is 23.4. The van der Waals surface area contributed by atoms with Gasteiger partial charge in [-0.1, -0.05) is 24.3 Å². The third kappa shape index (κ3) is 2.37. The first-order valence-electron chi connectivity index (χ1n) is 6.93. The number of aryl methyl sites for hydroxylation is 1. The maximum atomic E-state index is 11.8. The van der Waals surface area contributed by atoms with Gasteiger partial charge in [-0.15, -0.1) is 0 Å². The molecule has 0 aliphatic rings. The van der Waals surface area contributed by atoms with Gasteiger partial charge in [0, 0.05) is 5.56 Å². The Morgan fingerprint density at radius 3 is 1.82 bits per heavy atom. The molecule has 0 saturated carbocycles. The first-order chi connectivity index (χ1) is 10.3. The maximum absolute atomic E-state index is 11.8. The van der Waals surface area contributed by atoms with E-state index in [0.717, 1.165) is 22.3 Å². The Morgan fingerprint density at radius 2 is 1.32 bits per heavy atom. The fourth-order valence-electron chi connectivity index (χ4n) is 2.83. The van der Waals surface area contributed by atoms with E-state index in [4.69, 9.17) is 0 Å². The normalized spacial score (nSPS) is 10.5. The van der Waals surface area contributed by atoms with Gasteiger partial charge >= 0.3 is 11.9 Å². The highest BCUT2D eigenvalue weighted by Gasteiger charge is 2.27. The summed E-state index contributed by atoms with van der Waals surface area (Å²) in [6.45, 7) is 7.20. The summed E-state index contributed by atoms with van der Waals surface area (Å²) < 4.78 is 0. The highest BCUT2D eigenvalue weighted by Crippen LogP contribution is 2.36. The van der Waals surface area contributed by atoms with Crippen molar-refractivity contribution in [1.82, 2.24) is 0 Å². The molecule has 0 saturated heterocycles. The summed E-state index contributed by atoms with van der Waals surface area (Å²) in [7, 11) is 0. The van der Waals surface area contributed by atoms with Crippen LogP contribution in [0.2, 0.25) is 0 Å². The van der Waals surface area contributed by atoms with Crippen molar-refractivity contribution < 1.29 is 19.8 Å². The average Bonchev–Trinajstić information content (AvgIpc) is 2.45. The number of carbonyl (C=O) groups is 2. The Hall–Kier alpha value is -2.62. The summed E-state index contributed by atoms with van der Waals surface area (Å²) in [5.41, 5.74) is 3.99. The minimum absolute atomic E-state index is 0.131. The van der Waals surface area contributed by atoms with Crippen LogP contribution in [-0.4, -0.2) is 22.2 Å². The van der Waals surface area contributed by atoms with Crippen LogP contribution in [0.5, 0.6) is 0 Å². The molecule has 0 radical (unpaired) electrons. The quantitative estimate of drug-likeness (QED) is 0.898. The zero-order chi connectivity index (χ0) is 16.6. The first-order valence-corrected chi connectivity index (χ1v) is 6.93. The van der Waals surface area contributed by atoms with Gasteiger partial charge in [-0.05, 0) is 55.5 Å². The maximum Gasteiger partial charge on any atom is 0.337 e. The van der Waals surface area contributed by atoms with Crippen LogP contribution in [0.25, 0.3) is 11.1 Å². The molecule has 4 heteroatoms. The second-order valence-corrected chi connectivity index (χ2v) is 5.43. The minimum atomic E-state index is -1.22. The summed E-state index contributed by atoms with van der Waals surface area (Å²) in [5.74, 6) is -2.44. The van der Waals surface area contributed by atoms with Gasteiger partial charge in [0.2, 0.25) is 0 Å². The monoisotopic (exact) mass is 298 g/mol. The Balaban J connectivity index is 3.04. The zero-order valence-electron chi connectivity index (χ0n) is 13.0. The molecule has 2 N–H and O–H groups in total. The lowest BCUT2D eigenvalue weighted by molar-refractivity contribution is 0.0651. The standard InChI is InChI=1S/C18H18O4/c1-9-7-5-6-8-13(9)14-11(3)10(2)12(4)15(17(19)20)16(14)18(21)22/h5-8H,1-4H3,(H,19,20)(H,21,22). The lowest BCUT2D eigenvalue weighted by Gasteiger charge is -2.19. The minimum Gasteiger partial charge on any atom is -0.478 e. The summed E-state index contributed by atoms with van der Waals surface area (Å²) >= 11 is 0. The van der Waals surface area contributed by atoms with Gasteiger partial charge in [0.25, 0.3) is 0 Å². The molecule has 2 rings (SSSR count). The van der Waals surface area contributed by atoms with Crippen LogP contribution in [0.4, 0.5) is 0 Å². The van der Waals surface area contributed by atoms with Gasteiger partial charge in [-0.3, -0.25) is 0 Å². The third-order valence-electron chi connectivity index (χ3n) is 4.22. The van der Waals surface area contributed by atoms with Crippen molar-refractivity contribution in [2.24, 2.45) is 0 Å². The first kappa shape index (κ1) is 15.8. The number of benzene rings is 2. The topological polar surface area (TPSA) is 74.6 Å². The second-order valence-electron chi connectivity index (χ2n) is 5.43. The smallest absolute Gasteiger partial charge is 0.337 e. The van der Waals surface area contributed by atoms with Crippen LogP contribution in [0, 0.1) is 27.7 Å². The number of hydrogen-bond acceptors (Lipinski definition) is 2. The molecule has 114 valence electrons. The Bertz CT molecular complexity index is 788. The molecule has 0 aromatic heterocycles. The molecule has 0 unspecified atom stereocenters. The van der Waals surface area contributed by atoms with E-state index < -0.39 is 11.9 Å².